The van der Waals surface area contributed by atoms with Crippen LogP contribution in [0.3, 0.4) is 0 Å². The van der Waals surface area contributed by atoms with Crippen molar-refractivity contribution in [3.05, 3.63) is 23.8 Å². The average molecular weight is 290 g/mol. The summed E-state index contributed by atoms with van der Waals surface area (Å²) < 4.78 is 0. The molecule has 0 aromatic heterocycles. The molecule has 1 aromatic rings. The van der Waals surface area contributed by atoms with Gasteiger partial charge < -0.3 is 11.1 Å². The van der Waals surface area contributed by atoms with Crippen LogP contribution < -0.4 is 16.4 Å². The van der Waals surface area contributed by atoms with E-state index >= 15 is 0 Å². The first-order chi connectivity index (χ1) is 9.95. The third kappa shape index (κ3) is 4.03. The number of carbonyl (C=O) groups excluding carboxylic acids is 3. The van der Waals surface area contributed by atoms with Gasteiger partial charge in [0.25, 0.3) is 0 Å². The fourth-order valence-corrected chi connectivity index (χ4v) is 2.12. The number of nitrogens with one attached hydrogen (secondary N) is 2. The topological polar surface area (TPSA) is 105 Å². The van der Waals surface area contributed by atoms with E-state index in [0.29, 0.717) is 17.9 Å². The van der Waals surface area contributed by atoms with E-state index < -0.39 is 0 Å². The Hall–Kier alpha value is -2.41. The molecule has 21 heavy (non-hydrogen) atoms. The van der Waals surface area contributed by atoms with Crippen LogP contribution in [0.5, 0.6) is 0 Å². The van der Waals surface area contributed by atoms with E-state index in [-0.39, 0.29) is 37.2 Å². The second kappa shape index (κ2) is 6.36. The molecule has 0 unspecified atom stereocenters. The van der Waals surface area contributed by atoms with Crippen LogP contribution in [0.2, 0.25) is 0 Å². The van der Waals surface area contributed by atoms with E-state index in [1.807, 2.05) is 6.92 Å². The zero-order chi connectivity index (χ0) is 15.4. The summed E-state index contributed by atoms with van der Waals surface area (Å²) in [6, 6.07) is 5.32. The number of benzene rings is 1. The molecule has 7 nitrogen and oxygen atoms in total. The molecule has 0 radical (unpaired) electrons. The Morgan fingerprint density at radius 1 is 1.33 bits per heavy atom. The molecule has 1 saturated heterocycles. The Labute approximate surface area is 122 Å². The first-order valence-electron chi connectivity index (χ1n) is 6.65. The van der Waals surface area contributed by atoms with Crippen molar-refractivity contribution in [2.75, 3.05) is 30.7 Å². The molecule has 1 fully saturated rings. The van der Waals surface area contributed by atoms with Crippen molar-refractivity contribution >= 4 is 29.1 Å². The predicted molar refractivity (Wildman–Crippen MR) is 78.4 cm³/mol. The third-order valence-electron chi connectivity index (χ3n) is 3.32. The van der Waals surface area contributed by atoms with Crippen LogP contribution in [0.1, 0.15) is 12.0 Å². The fraction of sp³-hybridized carbons (Fsp3) is 0.357. The minimum absolute atomic E-state index is 0.135. The van der Waals surface area contributed by atoms with Gasteiger partial charge in [-0.05, 0) is 24.6 Å². The summed E-state index contributed by atoms with van der Waals surface area (Å²) >= 11 is 0. The summed E-state index contributed by atoms with van der Waals surface area (Å²) in [5.41, 5.74) is 7.88. The summed E-state index contributed by atoms with van der Waals surface area (Å²) in [5, 5.41) is 5.00. The van der Waals surface area contributed by atoms with Crippen LogP contribution in [0.15, 0.2) is 18.2 Å². The molecule has 1 aliphatic heterocycles. The molecular formula is C14H18N4O3. The van der Waals surface area contributed by atoms with Gasteiger partial charge in [0.15, 0.2) is 0 Å². The highest BCUT2D eigenvalue weighted by Gasteiger charge is 2.22. The van der Waals surface area contributed by atoms with Gasteiger partial charge in [0.2, 0.25) is 17.7 Å². The van der Waals surface area contributed by atoms with Crippen molar-refractivity contribution in [1.82, 2.24) is 10.2 Å². The Bertz CT molecular complexity index is 570. The van der Waals surface area contributed by atoms with Crippen LogP contribution in [0, 0.1) is 6.92 Å². The molecule has 1 aromatic carbocycles. The number of carbonyl (C=O) groups is 3. The molecule has 0 aliphatic carbocycles. The summed E-state index contributed by atoms with van der Waals surface area (Å²) in [6.07, 6.45) is 0.203. The Balaban J connectivity index is 1.86. The van der Waals surface area contributed by atoms with E-state index in [4.69, 9.17) is 5.73 Å². The van der Waals surface area contributed by atoms with Gasteiger partial charge in [0, 0.05) is 24.3 Å². The first kappa shape index (κ1) is 15.0. The van der Waals surface area contributed by atoms with Gasteiger partial charge in [-0.25, -0.2) is 0 Å². The lowest BCUT2D eigenvalue weighted by molar-refractivity contribution is -0.136. The Kier molecular flexibility index (Phi) is 4.54. The summed E-state index contributed by atoms with van der Waals surface area (Å²) in [5.74, 6) is -0.848. The molecule has 0 saturated carbocycles. The summed E-state index contributed by atoms with van der Waals surface area (Å²) in [7, 11) is 0. The number of nitrogens with two attached hydrogens (primary N) is 1. The number of nitrogens with zero attached hydrogens (tertiary/aromatic N) is 1. The maximum Gasteiger partial charge on any atom is 0.240 e. The molecule has 3 amide bonds. The van der Waals surface area contributed by atoms with E-state index in [2.05, 4.69) is 10.6 Å². The summed E-state index contributed by atoms with van der Waals surface area (Å²) in [4.78, 5) is 36.0. The van der Waals surface area contributed by atoms with Gasteiger partial charge in [-0.3, -0.25) is 24.6 Å². The van der Waals surface area contributed by atoms with Gasteiger partial charge in [0.1, 0.15) is 0 Å². The zero-order valence-corrected chi connectivity index (χ0v) is 11.8. The lowest BCUT2D eigenvalue weighted by atomic mass is 10.1. The highest BCUT2D eigenvalue weighted by molar-refractivity contribution is 5.99. The number of hydrogen-bond acceptors (Lipinski definition) is 5. The highest BCUT2D eigenvalue weighted by atomic mass is 16.2. The van der Waals surface area contributed by atoms with Crippen LogP contribution in [0.25, 0.3) is 0 Å². The van der Waals surface area contributed by atoms with Crippen molar-refractivity contribution in [2.45, 2.75) is 13.3 Å². The number of piperazine rings is 1. The van der Waals surface area contributed by atoms with Gasteiger partial charge in [-0.15, -0.1) is 0 Å². The number of anilines is 2. The second-order valence-corrected chi connectivity index (χ2v) is 5.00. The molecule has 4 N–H and O–H groups in total. The normalized spacial score (nSPS) is 15.7. The molecule has 112 valence electrons. The number of hydrogen-bond donors (Lipinski definition) is 3. The Morgan fingerprint density at radius 3 is 2.67 bits per heavy atom. The van der Waals surface area contributed by atoms with Crippen LogP contribution in [0.4, 0.5) is 11.4 Å². The third-order valence-corrected chi connectivity index (χ3v) is 3.32. The summed E-state index contributed by atoms with van der Waals surface area (Å²) in [6.45, 7) is 2.46. The van der Waals surface area contributed by atoms with Crippen molar-refractivity contribution in [3.63, 3.8) is 0 Å². The maximum atomic E-state index is 11.9. The minimum Gasteiger partial charge on any atom is -0.398 e. The van der Waals surface area contributed by atoms with Crippen molar-refractivity contribution in [3.8, 4) is 0 Å². The van der Waals surface area contributed by atoms with Gasteiger partial charge in [-0.1, -0.05) is 6.07 Å². The molecular weight excluding hydrogens is 272 g/mol. The standard InChI is InChI=1S/C14H18N4O3/c1-9-10(15)3-2-4-11(9)16-12(19)5-6-18-7-13(20)17-14(21)8-18/h2-4H,5-8,15H2,1H3,(H,16,19)(H,17,20,21). The average Bonchev–Trinajstić information content (AvgIpc) is 2.41. The van der Waals surface area contributed by atoms with E-state index in [9.17, 15) is 14.4 Å². The molecule has 0 atom stereocenters. The van der Waals surface area contributed by atoms with Crippen LogP contribution in [-0.2, 0) is 14.4 Å². The van der Waals surface area contributed by atoms with E-state index in [0.717, 1.165) is 5.56 Å². The van der Waals surface area contributed by atoms with Crippen LogP contribution in [-0.4, -0.2) is 42.3 Å². The molecule has 0 bridgehead atoms. The number of nitrogen functional groups attached to an aromatic ring is 1. The molecule has 0 spiro atoms. The minimum atomic E-state index is -0.335. The molecule has 7 heteroatoms. The van der Waals surface area contributed by atoms with E-state index in [1.165, 1.54) is 0 Å². The maximum absolute atomic E-state index is 11.9. The van der Waals surface area contributed by atoms with Crippen LogP contribution >= 0.6 is 0 Å². The largest absolute Gasteiger partial charge is 0.398 e. The zero-order valence-electron chi connectivity index (χ0n) is 11.8. The second-order valence-electron chi connectivity index (χ2n) is 5.00. The van der Waals surface area contributed by atoms with Crippen molar-refractivity contribution in [1.29, 1.82) is 0 Å². The molecule has 1 heterocycles. The Morgan fingerprint density at radius 2 is 2.00 bits per heavy atom. The van der Waals surface area contributed by atoms with Gasteiger partial charge in [-0.2, -0.15) is 0 Å². The van der Waals surface area contributed by atoms with Gasteiger partial charge in [0.05, 0.1) is 13.1 Å². The van der Waals surface area contributed by atoms with E-state index in [1.54, 1.807) is 23.1 Å². The lowest BCUT2D eigenvalue weighted by Crippen LogP contribution is -2.51. The fourth-order valence-electron chi connectivity index (χ4n) is 2.12. The first-order valence-corrected chi connectivity index (χ1v) is 6.65. The smallest absolute Gasteiger partial charge is 0.240 e. The SMILES string of the molecule is Cc1c(N)cccc1NC(=O)CCN1CC(=O)NC(=O)C1. The van der Waals surface area contributed by atoms with Gasteiger partial charge >= 0.3 is 0 Å². The number of amides is 3. The lowest BCUT2D eigenvalue weighted by Gasteiger charge is -2.24. The van der Waals surface area contributed by atoms with Crippen molar-refractivity contribution in [2.24, 2.45) is 0 Å². The molecule has 1 aliphatic rings. The number of rotatable bonds is 4. The quantitative estimate of drug-likeness (QED) is 0.529. The molecule has 2 rings (SSSR count). The monoisotopic (exact) mass is 290 g/mol. The van der Waals surface area contributed by atoms with Crippen molar-refractivity contribution < 1.29 is 14.4 Å². The highest BCUT2D eigenvalue weighted by Crippen LogP contribution is 2.20. The number of imide groups is 1. The predicted octanol–water partition coefficient (Wildman–Crippen LogP) is -0.136.